The number of amides is 1. The number of piperidine rings is 1. The van der Waals surface area contributed by atoms with Crippen molar-refractivity contribution >= 4 is 5.91 Å². The summed E-state index contributed by atoms with van der Waals surface area (Å²) in [6.45, 7) is 2.52. The maximum absolute atomic E-state index is 11.6. The summed E-state index contributed by atoms with van der Waals surface area (Å²) in [5.74, 6) is -0.0553. The third-order valence-electron chi connectivity index (χ3n) is 3.78. The second-order valence-electron chi connectivity index (χ2n) is 5.03. The molecule has 0 bridgehead atoms. The van der Waals surface area contributed by atoms with Crippen molar-refractivity contribution in [3.8, 4) is 0 Å². The van der Waals surface area contributed by atoms with Crippen LogP contribution in [0.1, 0.15) is 18.4 Å². The van der Waals surface area contributed by atoms with Crippen LogP contribution in [0, 0.1) is 0 Å². The van der Waals surface area contributed by atoms with Gasteiger partial charge in [0.2, 0.25) is 5.91 Å². The zero-order chi connectivity index (χ0) is 13.6. The number of carbonyl (C=O) groups is 1. The first-order chi connectivity index (χ1) is 9.27. The average molecular weight is 300 g/mol. The average Bonchev–Trinajstić information content (AvgIpc) is 2.47. The van der Waals surface area contributed by atoms with E-state index in [1.54, 1.807) is 0 Å². The molecule has 1 aromatic rings. The maximum atomic E-state index is 11.6. The van der Waals surface area contributed by atoms with Gasteiger partial charge in [-0.15, -0.1) is 13.1 Å². The molecule has 0 atom stereocenters. The Hall–Kier alpha value is 0.246. The van der Waals surface area contributed by atoms with Crippen LogP contribution in [0.5, 0.6) is 0 Å². The van der Waals surface area contributed by atoms with E-state index >= 15 is 0 Å². The monoisotopic (exact) mass is 300 g/mol. The predicted octanol–water partition coefficient (Wildman–Crippen LogP) is -1.14. The van der Waals surface area contributed by atoms with Crippen LogP contribution in [-0.4, -0.2) is 39.3 Å². The number of nitrogens with zero attached hydrogens (tertiary/aromatic N) is 1. The largest absolute Gasteiger partial charge is 1.00 e. The van der Waals surface area contributed by atoms with Gasteiger partial charge in [-0.25, -0.2) is 0 Å². The summed E-state index contributed by atoms with van der Waals surface area (Å²) in [7, 11) is 1.53. The SMILES string of the molecule is COCC(=O)NCC1(c2ccccc2)CC[N-]CC1.[K+]. The molecule has 20 heavy (non-hydrogen) atoms. The van der Waals surface area contributed by atoms with E-state index in [1.807, 2.05) is 6.07 Å². The molecule has 1 amide bonds. The number of nitrogens with one attached hydrogen (secondary N) is 1. The van der Waals surface area contributed by atoms with E-state index in [1.165, 1.54) is 12.7 Å². The smallest absolute Gasteiger partial charge is 0.662 e. The van der Waals surface area contributed by atoms with Crippen LogP contribution in [0.15, 0.2) is 30.3 Å². The minimum atomic E-state index is -0.0553. The summed E-state index contributed by atoms with van der Waals surface area (Å²) in [6, 6.07) is 10.4. The molecular formula is C15H21KN2O2. The first-order valence-electron chi connectivity index (χ1n) is 6.71. The van der Waals surface area contributed by atoms with E-state index in [9.17, 15) is 4.79 Å². The minimum absolute atomic E-state index is 0. The molecule has 104 valence electrons. The molecule has 0 spiro atoms. The van der Waals surface area contributed by atoms with Gasteiger partial charge in [0.15, 0.2) is 0 Å². The summed E-state index contributed by atoms with van der Waals surface area (Å²) in [4.78, 5) is 11.6. The van der Waals surface area contributed by atoms with Crippen molar-refractivity contribution in [1.29, 1.82) is 0 Å². The molecule has 0 radical (unpaired) electrons. The number of ether oxygens (including phenoxy) is 1. The van der Waals surface area contributed by atoms with E-state index in [4.69, 9.17) is 4.74 Å². The van der Waals surface area contributed by atoms with Crippen molar-refractivity contribution in [1.82, 2.24) is 5.32 Å². The van der Waals surface area contributed by atoms with Crippen molar-refractivity contribution in [3.63, 3.8) is 0 Å². The van der Waals surface area contributed by atoms with Crippen LogP contribution in [0.4, 0.5) is 0 Å². The van der Waals surface area contributed by atoms with Crippen LogP contribution in [0.2, 0.25) is 0 Å². The Morgan fingerprint density at radius 3 is 2.55 bits per heavy atom. The van der Waals surface area contributed by atoms with Gasteiger partial charge in [0.05, 0.1) is 0 Å². The third kappa shape index (κ3) is 4.91. The molecule has 4 nitrogen and oxygen atoms in total. The van der Waals surface area contributed by atoms with E-state index in [0.29, 0.717) is 6.54 Å². The van der Waals surface area contributed by atoms with E-state index in [0.717, 1.165) is 25.9 Å². The maximum Gasteiger partial charge on any atom is 1.00 e. The van der Waals surface area contributed by atoms with Gasteiger partial charge in [0.25, 0.3) is 0 Å². The Balaban J connectivity index is 0.00000200. The quantitative estimate of drug-likeness (QED) is 0.699. The summed E-state index contributed by atoms with van der Waals surface area (Å²) in [5.41, 5.74) is 1.31. The zero-order valence-corrected chi connectivity index (χ0v) is 15.5. The Bertz CT molecular complexity index is 406. The third-order valence-corrected chi connectivity index (χ3v) is 3.78. The van der Waals surface area contributed by atoms with Crippen molar-refractivity contribution < 1.29 is 60.9 Å². The summed E-state index contributed by atoms with van der Waals surface area (Å²) >= 11 is 0. The van der Waals surface area contributed by atoms with Crippen LogP contribution >= 0.6 is 0 Å². The first kappa shape index (κ1) is 18.3. The molecule has 1 aliphatic heterocycles. The Morgan fingerprint density at radius 1 is 1.30 bits per heavy atom. The molecule has 0 aromatic heterocycles. The summed E-state index contributed by atoms with van der Waals surface area (Å²) in [6.07, 6.45) is 1.98. The van der Waals surface area contributed by atoms with E-state index in [-0.39, 0.29) is 69.3 Å². The fraction of sp³-hybridized carbons (Fsp3) is 0.533. The predicted molar refractivity (Wildman–Crippen MR) is 75.3 cm³/mol. The second-order valence-corrected chi connectivity index (χ2v) is 5.03. The van der Waals surface area contributed by atoms with Crippen molar-refractivity contribution in [3.05, 3.63) is 41.2 Å². The second kappa shape index (κ2) is 9.30. The molecule has 2 rings (SSSR count). The number of benzene rings is 1. The van der Waals surface area contributed by atoms with Crippen LogP contribution in [0.25, 0.3) is 5.32 Å². The van der Waals surface area contributed by atoms with Gasteiger partial charge in [-0.3, -0.25) is 4.79 Å². The molecular weight excluding hydrogens is 279 g/mol. The minimum Gasteiger partial charge on any atom is -0.662 e. The molecule has 0 saturated carbocycles. The Morgan fingerprint density at radius 2 is 1.95 bits per heavy atom. The zero-order valence-electron chi connectivity index (χ0n) is 12.4. The Kier molecular flexibility index (Phi) is 8.51. The molecule has 1 aromatic carbocycles. The topological polar surface area (TPSA) is 52.4 Å². The number of rotatable bonds is 5. The normalized spacial score (nSPS) is 17.1. The summed E-state index contributed by atoms with van der Waals surface area (Å²) in [5, 5.41) is 7.41. The van der Waals surface area contributed by atoms with Gasteiger partial charge < -0.3 is 15.4 Å². The first-order valence-corrected chi connectivity index (χ1v) is 6.71. The van der Waals surface area contributed by atoms with Gasteiger partial charge in [0, 0.05) is 19.1 Å². The standard InChI is InChI=1S/C15H21N2O2.K/c1-19-11-14(18)17-12-15(7-9-16-10-8-15)13-5-3-2-4-6-13;/h2-6H,7-12H2,1H3,(H,17,18);/q-1;+1. The number of hydrogen-bond acceptors (Lipinski definition) is 2. The molecule has 5 heteroatoms. The summed E-state index contributed by atoms with van der Waals surface area (Å²) < 4.78 is 4.85. The molecule has 1 heterocycles. The van der Waals surface area contributed by atoms with Crippen LogP contribution in [0.3, 0.4) is 0 Å². The van der Waals surface area contributed by atoms with E-state index in [2.05, 4.69) is 34.9 Å². The molecule has 1 N–H and O–H groups in total. The molecule has 1 fully saturated rings. The molecule has 1 aliphatic rings. The Labute approximate surface area is 163 Å². The number of carbonyl (C=O) groups excluding carboxylic acids is 1. The van der Waals surface area contributed by atoms with Gasteiger partial charge in [-0.2, -0.15) is 0 Å². The van der Waals surface area contributed by atoms with Gasteiger partial charge in [-0.05, 0) is 5.56 Å². The van der Waals surface area contributed by atoms with Crippen LogP contribution < -0.4 is 56.7 Å². The van der Waals surface area contributed by atoms with Crippen LogP contribution in [-0.2, 0) is 14.9 Å². The number of hydrogen-bond donors (Lipinski definition) is 1. The van der Waals surface area contributed by atoms with E-state index < -0.39 is 0 Å². The molecule has 0 unspecified atom stereocenters. The van der Waals surface area contributed by atoms with Crippen molar-refractivity contribution in [2.45, 2.75) is 18.3 Å². The van der Waals surface area contributed by atoms with Crippen molar-refractivity contribution in [2.24, 2.45) is 0 Å². The fourth-order valence-electron chi connectivity index (χ4n) is 2.63. The van der Waals surface area contributed by atoms with Crippen molar-refractivity contribution in [2.75, 3.05) is 33.4 Å². The van der Waals surface area contributed by atoms with Gasteiger partial charge in [-0.1, -0.05) is 43.2 Å². The molecule has 1 saturated heterocycles. The number of methoxy groups -OCH3 is 1. The molecule has 0 aliphatic carbocycles. The fourth-order valence-corrected chi connectivity index (χ4v) is 2.63. The van der Waals surface area contributed by atoms with Gasteiger partial charge in [0.1, 0.15) is 6.61 Å². The van der Waals surface area contributed by atoms with Gasteiger partial charge >= 0.3 is 51.4 Å².